The molecule has 0 saturated carbocycles. The fourth-order valence-electron chi connectivity index (χ4n) is 3.73. The van der Waals surface area contributed by atoms with Crippen LogP contribution in [0.1, 0.15) is 33.3 Å². The Labute approximate surface area is 207 Å². The topological polar surface area (TPSA) is 66.8 Å². The van der Waals surface area contributed by atoms with Crippen molar-refractivity contribution in [1.82, 2.24) is 4.90 Å². The second-order valence-electron chi connectivity index (χ2n) is 8.08. The summed E-state index contributed by atoms with van der Waals surface area (Å²) >= 11 is 7.53. The summed E-state index contributed by atoms with van der Waals surface area (Å²) in [4.78, 5) is 26.6. The van der Waals surface area contributed by atoms with Gasteiger partial charge in [0.1, 0.15) is 11.9 Å². The molecule has 1 atom stereocenters. The zero-order valence-corrected chi connectivity index (χ0v) is 20.2. The van der Waals surface area contributed by atoms with E-state index in [9.17, 15) is 9.59 Å². The normalized spacial score (nSPS) is 12.1. The molecular formula is C27H24ClNO4S. The summed E-state index contributed by atoms with van der Waals surface area (Å²) in [6.07, 6.45) is 0.239. The minimum Gasteiger partial charge on any atom is -0.486 e. The Hall–Kier alpha value is -3.19. The number of carboxylic acid groups (broad SMARTS) is 1. The first-order valence-corrected chi connectivity index (χ1v) is 12.0. The molecule has 1 aromatic heterocycles. The third-order valence-corrected chi connectivity index (χ3v) is 6.81. The SMILES string of the molecule is CN(CCC(Oc1cccc(C(=O)c2cc3ccccc3s2)c1)c1ccc(Cl)cc1)CC(=O)O. The Balaban J connectivity index is 1.54. The van der Waals surface area contributed by atoms with Gasteiger partial charge in [-0.2, -0.15) is 0 Å². The summed E-state index contributed by atoms with van der Waals surface area (Å²) in [6, 6.07) is 24.4. The van der Waals surface area contributed by atoms with Crippen molar-refractivity contribution in [3.05, 3.63) is 99.9 Å². The number of nitrogens with zero attached hydrogens (tertiary/aromatic N) is 1. The van der Waals surface area contributed by atoms with Crippen LogP contribution < -0.4 is 4.74 Å². The zero-order chi connectivity index (χ0) is 24.1. The number of ketones is 1. The largest absolute Gasteiger partial charge is 0.486 e. The van der Waals surface area contributed by atoms with Crippen LogP contribution in [0.15, 0.2) is 78.9 Å². The van der Waals surface area contributed by atoms with E-state index in [1.54, 1.807) is 36.2 Å². The Bertz CT molecular complexity index is 1270. The maximum Gasteiger partial charge on any atom is 0.317 e. The molecule has 0 amide bonds. The van der Waals surface area contributed by atoms with Gasteiger partial charge >= 0.3 is 5.97 Å². The highest BCUT2D eigenvalue weighted by molar-refractivity contribution is 7.21. The first kappa shape index (κ1) is 24.0. The van der Waals surface area contributed by atoms with Crippen LogP contribution in [0.2, 0.25) is 5.02 Å². The fraction of sp³-hybridized carbons (Fsp3) is 0.185. The van der Waals surface area contributed by atoms with Crippen LogP contribution in [-0.2, 0) is 4.79 Å². The first-order valence-electron chi connectivity index (χ1n) is 10.8. The van der Waals surface area contributed by atoms with Crippen LogP contribution in [0.3, 0.4) is 0 Å². The predicted molar refractivity (Wildman–Crippen MR) is 136 cm³/mol. The number of carboxylic acids is 1. The van der Waals surface area contributed by atoms with Gasteiger partial charge in [0.15, 0.2) is 0 Å². The zero-order valence-electron chi connectivity index (χ0n) is 18.6. The molecule has 0 radical (unpaired) electrons. The monoisotopic (exact) mass is 493 g/mol. The molecule has 5 nitrogen and oxygen atoms in total. The van der Waals surface area contributed by atoms with Crippen molar-refractivity contribution in [2.24, 2.45) is 0 Å². The predicted octanol–water partition coefficient (Wildman–Crippen LogP) is 6.31. The van der Waals surface area contributed by atoms with Gasteiger partial charge in [0.25, 0.3) is 0 Å². The summed E-state index contributed by atoms with van der Waals surface area (Å²) in [6.45, 7) is 0.479. The molecule has 3 aromatic carbocycles. The average molecular weight is 494 g/mol. The molecule has 1 N–H and O–H groups in total. The molecule has 7 heteroatoms. The smallest absolute Gasteiger partial charge is 0.317 e. The third kappa shape index (κ3) is 6.03. The Morgan fingerprint density at radius 3 is 2.53 bits per heavy atom. The highest BCUT2D eigenvalue weighted by Gasteiger charge is 2.18. The van der Waals surface area contributed by atoms with Crippen molar-refractivity contribution < 1.29 is 19.4 Å². The lowest BCUT2D eigenvalue weighted by molar-refractivity contribution is -0.138. The Morgan fingerprint density at radius 2 is 1.79 bits per heavy atom. The number of hydrogen-bond acceptors (Lipinski definition) is 5. The summed E-state index contributed by atoms with van der Waals surface area (Å²) in [5, 5.41) is 10.7. The number of benzene rings is 3. The molecule has 34 heavy (non-hydrogen) atoms. The number of thiophene rings is 1. The van der Waals surface area contributed by atoms with Crippen LogP contribution in [0.25, 0.3) is 10.1 Å². The molecule has 0 fully saturated rings. The van der Waals surface area contributed by atoms with Crippen molar-refractivity contribution in [3.8, 4) is 5.75 Å². The van der Waals surface area contributed by atoms with Crippen molar-refractivity contribution in [2.45, 2.75) is 12.5 Å². The molecule has 0 bridgehead atoms. The first-order chi connectivity index (χ1) is 16.4. The number of carbonyl (C=O) groups is 2. The molecule has 4 aromatic rings. The van der Waals surface area contributed by atoms with Gasteiger partial charge in [-0.3, -0.25) is 14.5 Å². The maximum absolute atomic E-state index is 13.2. The van der Waals surface area contributed by atoms with Crippen LogP contribution in [0.4, 0.5) is 0 Å². The average Bonchev–Trinajstić information content (AvgIpc) is 3.26. The van der Waals surface area contributed by atoms with E-state index in [-0.39, 0.29) is 18.4 Å². The van der Waals surface area contributed by atoms with Gasteiger partial charge < -0.3 is 9.84 Å². The van der Waals surface area contributed by atoms with Crippen molar-refractivity contribution in [2.75, 3.05) is 20.1 Å². The summed E-state index contributed by atoms with van der Waals surface area (Å²) in [5.74, 6) is -0.345. The van der Waals surface area contributed by atoms with Gasteiger partial charge in [0, 0.05) is 28.3 Å². The lowest BCUT2D eigenvalue weighted by Gasteiger charge is -2.23. The highest BCUT2D eigenvalue weighted by atomic mass is 35.5. The highest BCUT2D eigenvalue weighted by Crippen LogP contribution is 2.30. The fourth-order valence-corrected chi connectivity index (χ4v) is 4.88. The minimum absolute atomic E-state index is 0.0455. The standard InChI is InChI=1S/C27H24ClNO4S/c1-29(17-26(30)31)14-13-23(18-9-11-21(28)12-10-18)33-22-7-4-6-20(15-22)27(32)25-16-19-5-2-3-8-24(19)34-25/h2-12,15-16,23H,13-14,17H2,1H3,(H,30,31). The van der Waals surface area contributed by atoms with Crippen LogP contribution in [0.5, 0.6) is 5.75 Å². The number of fused-ring (bicyclic) bond motifs is 1. The number of rotatable bonds is 10. The van der Waals surface area contributed by atoms with E-state index in [0.29, 0.717) is 34.2 Å². The Kier molecular flexibility index (Phi) is 7.63. The third-order valence-electron chi connectivity index (χ3n) is 5.44. The van der Waals surface area contributed by atoms with Gasteiger partial charge in [-0.1, -0.05) is 54.1 Å². The second-order valence-corrected chi connectivity index (χ2v) is 9.60. The quantitative estimate of drug-likeness (QED) is 0.262. The maximum atomic E-state index is 13.2. The van der Waals surface area contributed by atoms with Crippen molar-refractivity contribution >= 4 is 44.8 Å². The van der Waals surface area contributed by atoms with E-state index in [4.69, 9.17) is 21.4 Å². The van der Waals surface area contributed by atoms with Crippen molar-refractivity contribution in [3.63, 3.8) is 0 Å². The van der Waals surface area contributed by atoms with Gasteiger partial charge in [0.2, 0.25) is 5.78 Å². The molecule has 0 aliphatic heterocycles. The van der Waals surface area contributed by atoms with Crippen molar-refractivity contribution in [1.29, 1.82) is 0 Å². The van der Waals surface area contributed by atoms with E-state index in [1.165, 1.54) is 11.3 Å². The molecule has 0 saturated heterocycles. The van der Waals surface area contributed by atoms with Crippen LogP contribution in [-0.4, -0.2) is 41.9 Å². The number of hydrogen-bond donors (Lipinski definition) is 1. The van der Waals surface area contributed by atoms with E-state index >= 15 is 0 Å². The number of likely N-dealkylation sites (N-methyl/N-ethyl adjacent to an activating group) is 1. The molecule has 1 heterocycles. The molecule has 0 aliphatic rings. The Morgan fingerprint density at radius 1 is 1.03 bits per heavy atom. The number of carbonyl (C=O) groups excluding carboxylic acids is 1. The number of ether oxygens (including phenoxy) is 1. The minimum atomic E-state index is -0.876. The van der Waals surface area contributed by atoms with Gasteiger partial charge in [-0.25, -0.2) is 0 Å². The lowest BCUT2D eigenvalue weighted by atomic mass is 10.1. The van der Waals surface area contributed by atoms with Gasteiger partial charge in [0.05, 0.1) is 11.4 Å². The molecule has 4 rings (SSSR count). The number of halogens is 1. The lowest BCUT2D eigenvalue weighted by Crippen LogP contribution is -2.28. The molecule has 0 spiro atoms. The van der Waals surface area contributed by atoms with Crippen LogP contribution >= 0.6 is 22.9 Å². The van der Waals surface area contributed by atoms with E-state index in [0.717, 1.165) is 15.6 Å². The van der Waals surface area contributed by atoms with Gasteiger partial charge in [-0.05, 0) is 54.4 Å². The molecule has 0 aliphatic carbocycles. The summed E-state index contributed by atoms with van der Waals surface area (Å²) < 4.78 is 7.39. The van der Waals surface area contributed by atoms with Gasteiger partial charge in [-0.15, -0.1) is 11.3 Å². The molecule has 1 unspecified atom stereocenters. The van der Waals surface area contributed by atoms with E-state index in [1.807, 2.05) is 54.6 Å². The molecular weight excluding hydrogens is 470 g/mol. The van der Waals surface area contributed by atoms with E-state index < -0.39 is 5.97 Å². The summed E-state index contributed by atoms with van der Waals surface area (Å²) in [7, 11) is 1.76. The van der Waals surface area contributed by atoms with Crippen LogP contribution in [0, 0.1) is 0 Å². The van der Waals surface area contributed by atoms with E-state index in [2.05, 4.69) is 0 Å². The second kappa shape index (κ2) is 10.8. The molecule has 174 valence electrons. The summed E-state index contributed by atoms with van der Waals surface area (Å²) in [5.41, 5.74) is 1.48. The number of aliphatic carboxylic acids is 1.